The average Bonchev–Trinajstić information content (AvgIpc) is 2.27. The molecule has 0 radical (unpaired) electrons. The summed E-state index contributed by atoms with van der Waals surface area (Å²) in [4.78, 5) is 18.0. The highest BCUT2D eigenvalue weighted by Gasteiger charge is 2.27. The van der Waals surface area contributed by atoms with E-state index in [1.807, 2.05) is 0 Å². The van der Waals surface area contributed by atoms with Crippen LogP contribution in [0.3, 0.4) is 0 Å². The van der Waals surface area contributed by atoms with Crippen LogP contribution in [0.1, 0.15) is 5.82 Å². The van der Waals surface area contributed by atoms with Crippen LogP contribution in [0.15, 0.2) is 29.1 Å². The third-order valence-electron chi connectivity index (χ3n) is 2.17. The van der Waals surface area contributed by atoms with Gasteiger partial charge >= 0.3 is 6.18 Å². The summed E-state index contributed by atoms with van der Waals surface area (Å²) < 4.78 is 40.1. The summed E-state index contributed by atoms with van der Waals surface area (Å²) >= 11 is 0. The molecule has 2 aromatic rings. The van der Waals surface area contributed by atoms with Gasteiger partial charge in [0, 0.05) is 0 Å². The number of benzene rings is 1. The first-order valence-electron chi connectivity index (χ1n) is 5.08. The van der Waals surface area contributed by atoms with Crippen LogP contribution in [0.25, 0.3) is 10.9 Å². The molecule has 0 amide bonds. The largest absolute Gasteiger partial charge is 0.411 e. The second kappa shape index (κ2) is 4.77. The minimum atomic E-state index is -4.39. The van der Waals surface area contributed by atoms with E-state index in [4.69, 9.17) is 0 Å². The lowest BCUT2D eigenvalue weighted by Gasteiger charge is -2.07. The Morgan fingerprint density at radius 2 is 2.00 bits per heavy atom. The molecule has 7 heteroatoms. The third kappa shape index (κ3) is 3.07. The molecule has 2 rings (SSSR count). The fourth-order valence-corrected chi connectivity index (χ4v) is 1.47. The zero-order valence-corrected chi connectivity index (χ0v) is 9.12. The molecule has 0 saturated carbocycles. The number of alkyl halides is 3. The maximum absolute atomic E-state index is 11.9. The Bertz CT molecular complexity index is 607. The first kappa shape index (κ1) is 12.6. The summed E-state index contributed by atoms with van der Waals surface area (Å²) in [5, 5.41) is 0.386. The highest BCUT2D eigenvalue weighted by atomic mass is 19.4. The molecule has 1 N–H and O–H groups in total. The molecule has 0 aliphatic carbocycles. The maximum Gasteiger partial charge on any atom is 0.411 e. The normalized spacial score (nSPS) is 11.9. The fourth-order valence-electron chi connectivity index (χ4n) is 1.47. The summed E-state index contributed by atoms with van der Waals surface area (Å²) in [6.07, 6.45) is -4.39. The fraction of sp³-hybridized carbons (Fsp3) is 0.273. The van der Waals surface area contributed by atoms with E-state index in [1.165, 1.54) is 0 Å². The van der Waals surface area contributed by atoms with Gasteiger partial charge in [0.2, 0.25) is 0 Å². The molecule has 0 unspecified atom stereocenters. The molecule has 0 aliphatic rings. The molecule has 1 aromatic carbocycles. The molecule has 0 bridgehead atoms. The monoisotopic (exact) mass is 258 g/mol. The Morgan fingerprint density at radius 3 is 2.72 bits per heavy atom. The molecule has 0 fully saturated rings. The molecule has 0 spiro atoms. The summed E-state index contributed by atoms with van der Waals surface area (Å²) in [6, 6.07) is 6.56. The van der Waals surface area contributed by atoms with Crippen molar-refractivity contribution in [3.63, 3.8) is 0 Å². The number of H-pyrrole nitrogens is 1. The lowest BCUT2D eigenvalue weighted by Crippen LogP contribution is -2.19. The second-order valence-electron chi connectivity index (χ2n) is 3.64. The Balaban J connectivity index is 2.17. The molecule has 18 heavy (non-hydrogen) atoms. The standard InChI is InChI=1S/C11H9F3N2O2/c12-11(13,14)6-18-5-9-15-8-4-2-1-3-7(8)10(17)16-9/h1-4H,5-6H2,(H,15,16,17). The number of halogens is 3. The van der Waals surface area contributed by atoms with E-state index in [0.29, 0.717) is 10.9 Å². The number of ether oxygens (including phenoxy) is 1. The summed E-state index contributed by atoms with van der Waals surface area (Å²) in [5.41, 5.74) is 0.0260. The van der Waals surface area contributed by atoms with Crippen molar-refractivity contribution in [2.24, 2.45) is 0 Å². The molecule has 1 aromatic heterocycles. The van der Waals surface area contributed by atoms with Crippen LogP contribution in [0, 0.1) is 0 Å². The topological polar surface area (TPSA) is 55.0 Å². The van der Waals surface area contributed by atoms with Crippen LogP contribution in [-0.2, 0) is 11.3 Å². The number of nitrogens with one attached hydrogen (secondary N) is 1. The van der Waals surface area contributed by atoms with Crippen molar-refractivity contribution in [1.82, 2.24) is 9.97 Å². The Morgan fingerprint density at radius 1 is 1.28 bits per heavy atom. The first-order valence-corrected chi connectivity index (χ1v) is 5.08. The van der Waals surface area contributed by atoms with Crippen LogP contribution in [0.4, 0.5) is 13.2 Å². The Kier molecular flexibility index (Phi) is 3.33. The van der Waals surface area contributed by atoms with Crippen molar-refractivity contribution in [3.8, 4) is 0 Å². The van der Waals surface area contributed by atoms with Gasteiger partial charge in [-0.2, -0.15) is 13.2 Å². The van der Waals surface area contributed by atoms with Gasteiger partial charge in [-0.05, 0) is 12.1 Å². The quantitative estimate of drug-likeness (QED) is 0.916. The van der Waals surface area contributed by atoms with Crippen molar-refractivity contribution < 1.29 is 17.9 Å². The lowest BCUT2D eigenvalue weighted by molar-refractivity contribution is -0.177. The maximum atomic E-state index is 11.9. The number of nitrogens with zero attached hydrogens (tertiary/aromatic N) is 1. The minimum Gasteiger partial charge on any atom is -0.364 e. The predicted octanol–water partition coefficient (Wildman–Crippen LogP) is 2.00. The van der Waals surface area contributed by atoms with Crippen molar-refractivity contribution >= 4 is 10.9 Å². The van der Waals surface area contributed by atoms with Crippen molar-refractivity contribution in [1.29, 1.82) is 0 Å². The molecule has 1 heterocycles. The number of hydrogen-bond donors (Lipinski definition) is 1. The van der Waals surface area contributed by atoms with Gasteiger partial charge in [0.1, 0.15) is 19.0 Å². The van der Waals surface area contributed by atoms with E-state index >= 15 is 0 Å². The number of hydrogen-bond acceptors (Lipinski definition) is 3. The van der Waals surface area contributed by atoms with Crippen LogP contribution in [-0.4, -0.2) is 22.8 Å². The van der Waals surface area contributed by atoms with Gasteiger partial charge in [-0.15, -0.1) is 0 Å². The smallest absolute Gasteiger partial charge is 0.364 e. The van der Waals surface area contributed by atoms with Crippen molar-refractivity contribution in [2.75, 3.05) is 6.61 Å². The van der Waals surface area contributed by atoms with E-state index in [0.717, 1.165) is 0 Å². The SMILES string of the molecule is O=c1[nH]c(COCC(F)(F)F)nc2ccccc12. The first-order chi connectivity index (χ1) is 8.46. The van der Waals surface area contributed by atoms with Gasteiger partial charge < -0.3 is 9.72 Å². The number of fused-ring (bicyclic) bond motifs is 1. The van der Waals surface area contributed by atoms with Crippen LogP contribution >= 0.6 is 0 Å². The molecule has 0 saturated heterocycles. The van der Waals surface area contributed by atoms with E-state index in [-0.39, 0.29) is 12.4 Å². The van der Waals surface area contributed by atoms with Gasteiger partial charge in [-0.1, -0.05) is 12.1 Å². The summed E-state index contributed by atoms with van der Waals surface area (Å²) in [5.74, 6) is 0.0722. The Labute approximate surface area is 99.4 Å². The van der Waals surface area contributed by atoms with Gasteiger partial charge in [0.15, 0.2) is 0 Å². The molecule has 96 valence electrons. The number of rotatable bonds is 3. The van der Waals surface area contributed by atoms with Crippen molar-refractivity contribution in [3.05, 3.63) is 40.4 Å². The van der Waals surface area contributed by atoms with Gasteiger partial charge in [-0.3, -0.25) is 4.79 Å². The van der Waals surface area contributed by atoms with Crippen LogP contribution in [0.5, 0.6) is 0 Å². The average molecular weight is 258 g/mol. The lowest BCUT2D eigenvalue weighted by atomic mass is 10.2. The predicted molar refractivity (Wildman–Crippen MR) is 58.1 cm³/mol. The molecular formula is C11H9F3N2O2. The zero-order valence-electron chi connectivity index (χ0n) is 9.12. The minimum absolute atomic E-state index is 0.0722. The van der Waals surface area contributed by atoms with E-state index in [1.54, 1.807) is 24.3 Å². The van der Waals surface area contributed by atoms with Gasteiger partial charge in [0.05, 0.1) is 10.9 Å². The molecule has 0 aliphatic heterocycles. The highest BCUT2D eigenvalue weighted by molar-refractivity contribution is 5.77. The highest BCUT2D eigenvalue weighted by Crippen LogP contribution is 2.15. The number of para-hydroxylation sites is 1. The van der Waals surface area contributed by atoms with Crippen LogP contribution < -0.4 is 5.56 Å². The second-order valence-corrected chi connectivity index (χ2v) is 3.64. The van der Waals surface area contributed by atoms with E-state index in [2.05, 4.69) is 14.7 Å². The van der Waals surface area contributed by atoms with Crippen LogP contribution in [0.2, 0.25) is 0 Å². The zero-order chi connectivity index (χ0) is 13.2. The van der Waals surface area contributed by atoms with E-state index in [9.17, 15) is 18.0 Å². The van der Waals surface area contributed by atoms with Gasteiger partial charge in [0.25, 0.3) is 5.56 Å². The third-order valence-corrected chi connectivity index (χ3v) is 2.17. The van der Waals surface area contributed by atoms with E-state index < -0.39 is 18.3 Å². The van der Waals surface area contributed by atoms with Crippen molar-refractivity contribution in [2.45, 2.75) is 12.8 Å². The summed E-state index contributed by atoms with van der Waals surface area (Å²) in [7, 11) is 0. The summed E-state index contributed by atoms with van der Waals surface area (Å²) in [6.45, 7) is -1.76. The number of aromatic nitrogens is 2. The molecular weight excluding hydrogens is 249 g/mol. The molecule has 4 nitrogen and oxygen atoms in total. The van der Waals surface area contributed by atoms with Gasteiger partial charge in [-0.25, -0.2) is 4.98 Å². The Hall–Kier alpha value is -1.89. The molecule has 0 atom stereocenters. The number of aromatic amines is 1.